The molecule has 0 radical (unpaired) electrons. The normalized spacial score (nSPS) is 11.9. The average Bonchev–Trinajstić information content (AvgIpc) is 2.37. The van der Waals surface area contributed by atoms with Crippen molar-refractivity contribution in [3.8, 4) is 0 Å². The summed E-state index contributed by atoms with van der Waals surface area (Å²) in [5.41, 5.74) is 6.08. The van der Waals surface area contributed by atoms with Gasteiger partial charge in [-0.05, 0) is 25.5 Å². The fraction of sp³-hybridized carbons (Fsp3) is 0.462. The standard InChI is InChI=1S/C13H21N3O3S/c1-10(2)15-13(17)9-16(3)20(18,19)12-7-5-4-6-11(12)8-14/h4-7,10H,8-9,14H2,1-3H3,(H,15,17). The first-order valence-corrected chi connectivity index (χ1v) is 7.76. The summed E-state index contributed by atoms with van der Waals surface area (Å²) in [5, 5.41) is 2.66. The third-order valence-corrected chi connectivity index (χ3v) is 4.60. The van der Waals surface area contributed by atoms with Gasteiger partial charge in [0.2, 0.25) is 15.9 Å². The second kappa shape index (κ2) is 6.83. The summed E-state index contributed by atoms with van der Waals surface area (Å²) in [7, 11) is -2.34. The molecule has 1 aromatic rings. The minimum Gasteiger partial charge on any atom is -0.353 e. The van der Waals surface area contributed by atoms with Crippen molar-refractivity contribution >= 4 is 15.9 Å². The Kier molecular flexibility index (Phi) is 5.67. The molecular formula is C13H21N3O3S. The zero-order chi connectivity index (χ0) is 15.3. The fourth-order valence-electron chi connectivity index (χ4n) is 1.75. The molecule has 0 bridgehead atoms. The van der Waals surface area contributed by atoms with Crippen LogP contribution in [0.5, 0.6) is 0 Å². The van der Waals surface area contributed by atoms with Gasteiger partial charge in [0.25, 0.3) is 0 Å². The fourth-order valence-corrected chi connectivity index (χ4v) is 3.10. The van der Waals surface area contributed by atoms with Crippen LogP contribution in [0, 0.1) is 0 Å². The number of nitrogens with two attached hydrogens (primary N) is 1. The van der Waals surface area contributed by atoms with Crippen molar-refractivity contribution < 1.29 is 13.2 Å². The SMILES string of the molecule is CC(C)NC(=O)CN(C)S(=O)(=O)c1ccccc1CN. The van der Waals surface area contributed by atoms with Crippen molar-refractivity contribution in [3.05, 3.63) is 29.8 Å². The van der Waals surface area contributed by atoms with Gasteiger partial charge in [0.1, 0.15) is 0 Å². The maximum absolute atomic E-state index is 12.4. The molecule has 0 saturated heterocycles. The number of benzene rings is 1. The van der Waals surface area contributed by atoms with E-state index in [1.165, 1.54) is 13.1 Å². The predicted octanol–water partition coefficient (Wildman–Crippen LogP) is 0.290. The summed E-state index contributed by atoms with van der Waals surface area (Å²) in [6.07, 6.45) is 0. The molecule has 112 valence electrons. The number of carbonyl (C=O) groups excluding carboxylic acids is 1. The molecular weight excluding hydrogens is 278 g/mol. The molecule has 0 aliphatic carbocycles. The van der Waals surface area contributed by atoms with Crippen LogP contribution < -0.4 is 11.1 Å². The molecule has 1 rings (SSSR count). The van der Waals surface area contributed by atoms with Crippen molar-refractivity contribution in [2.75, 3.05) is 13.6 Å². The summed E-state index contributed by atoms with van der Waals surface area (Å²) in [5.74, 6) is -0.337. The number of sulfonamides is 1. The van der Waals surface area contributed by atoms with Crippen molar-refractivity contribution in [2.45, 2.75) is 31.3 Å². The average molecular weight is 299 g/mol. The van der Waals surface area contributed by atoms with Crippen LogP contribution in [0.4, 0.5) is 0 Å². The molecule has 0 fully saturated rings. The van der Waals surface area contributed by atoms with Gasteiger partial charge in [-0.25, -0.2) is 8.42 Å². The van der Waals surface area contributed by atoms with Crippen LogP contribution in [-0.2, 0) is 21.4 Å². The highest BCUT2D eigenvalue weighted by Crippen LogP contribution is 2.18. The predicted molar refractivity (Wildman–Crippen MR) is 77.4 cm³/mol. The van der Waals surface area contributed by atoms with Crippen LogP contribution in [0.15, 0.2) is 29.2 Å². The van der Waals surface area contributed by atoms with Crippen molar-refractivity contribution in [3.63, 3.8) is 0 Å². The lowest BCUT2D eigenvalue weighted by Gasteiger charge is -2.19. The van der Waals surface area contributed by atoms with Gasteiger partial charge in [-0.2, -0.15) is 4.31 Å². The molecule has 0 aliphatic heterocycles. The first kappa shape index (κ1) is 16.6. The smallest absolute Gasteiger partial charge is 0.243 e. The summed E-state index contributed by atoms with van der Waals surface area (Å²) >= 11 is 0. The van der Waals surface area contributed by atoms with Crippen molar-refractivity contribution in [2.24, 2.45) is 5.73 Å². The Labute approximate surface area is 120 Å². The molecule has 7 heteroatoms. The minimum atomic E-state index is -3.72. The number of rotatable bonds is 6. The molecule has 0 heterocycles. The highest BCUT2D eigenvalue weighted by atomic mass is 32.2. The Bertz CT molecular complexity index is 570. The number of nitrogens with one attached hydrogen (secondary N) is 1. The van der Waals surface area contributed by atoms with E-state index in [0.29, 0.717) is 5.56 Å². The minimum absolute atomic E-state index is 0.0325. The van der Waals surface area contributed by atoms with Crippen LogP contribution in [0.3, 0.4) is 0 Å². The van der Waals surface area contributed by atoms with Gasteiger partial charge in [0.15, 0.2) is 0 Å². The third kappa shape index (κ3) is 4.03. The van der Waals surface area contributed by atoms with E-state index in [4.69, 9.17) is 5.73 Å². The maximum atomic E-state index is 12.4. The molecule has 0 aromatic heterocycles. The van der Waals surface area contributed by atoms with Gasteiger partial charge in [0, 0.05) is 19.6 Å². The molecule has 0 aliphatic rings. The van der Waals surface area contributed by atoms with Gasteiger partial charge in [0.05, 0.1) is 11.4 Å². The van der Waals surface area contributed by atoms with Crippen LogP contribution in [0.1, 0.15) is 19.4 Å². The Morgan fingerprint density at radius 2 is 1.95 bits per heavy atom. The second-order valence-corrected chi connectivity index (χ2v) is 6.81. The Balaban J connectivity index is 2.96. The molecule has 1 amide bonds. The first-order valence-electron chi connectivity index (χ1n) is 6.32. The van der Waals surface area contributed by atoms with E-state index >= 15 is 0 Å². The second-order valence-electron chi connectivity index (χ2n) is 4.80. The molecule has 1 aromatic carbocycles. The van der Waals surface area contributed by atoms with Gasteiger partial charge < -0.3 is 11.1 Å². The lowest BCUT2D eigenvalue weighted by molar-refractivity contribution is -0.121. The monoisotopic (exact) mass is 299 g/mol. The molecule has 3 N–H and O–H groups in total. The van der Waals surface area contributed by atoms with E-state index in [2.05, 4.69) is 5.32 Å². The largest absolute Gasteiger partial charge is 0.353 e. The maximum Gasteiger partial charge on any atom is 0.243 e. The quantitative estimate of drug-likeness (QED) is 0.789. The van der Waals surface area contributed by atoms with Gasteiger partial charge in [-0.3, -0.25) is 4.79 Å². The topological polar surface area (TPSA) is 92.5 Å². The Hall–Kier alpha value is -1.44. The Morgan fingerprint density at radius 1 is 1.35 bits per heavy atom. The van der Waals surface area contributed by atoms with E-state index in [9.17, 15) is 13.2 Å². The van der Waals surface area contributed by atoms with E-state index in [-0.39, 0.29) is 29.9 Å². The first-order chi connectivity index (χ1) is 9.28. The summed E-state index contributed by atoms with van der Waals surface area (Å²) in [6.45, 7) is 3.53. The summed E-state index contributed by atoms with van der Waals surface area (Å²) in [6, 6.07) is 6.49. The van der Waals surface area contributed by atoms with E-state index in [0.717, 1.165) is 4.31 Å². The molecule has 0 unspecified atom stereocenters. The highest BCUT2D eigenvalue weighted by molar-refractivity contribution is 7.89. The molecule has 0 saturated carbocycles. The van der Waals surface area contributed by atoms with Gasteiger partial charge >= 0.3 is 0 Å². The zero-order valence-electron chi connectivity index (χ0n) is 12.0. The lowest BCUT2D eigenvalue weighted by Crippen LogP contribution is -2.41. The summed E-state index contributed by atoms with van der Waals surface area (Å²) in [4.78, 5) is 11.8. The number of hydrogen-bond acceptors (Lipinski definition) is 4. The number of amides is 1. The number of hydrogen-bond donors (Lipinski definition) is 2. The van der Waals surface area contributed by atoms with Crippen molar-refractivity contribution in [1.82, 2.24) is 9.62 Å². The molecule has 0 spiro atoms. The number of likely N-dealkylation sites (N-methyl/N-ethyl adjacent to an activating group) is 1. The molecule has 0 atom stereocenters. The zero-order valence-corrected chi connectivity index (χ0v) is 12.8. The molecule has 6 nitrogen and oxygen atoms in total. The van der Waals surface area contributed by atoms with Crippen LogP contribution in [0.25, 0.3) is 0 Å². The molecule has 20 heavy (non-hydrogen) atoms. The lowest BCUT2D eigenvalue weighted by atomic mass is 10.2. The summed E-state index contributed by atoms with van der Waals surface area (Å²) < 4.78 is 25.9. The third-order valence-electron chi connectivity index (χ3n) is 2.70. The Morgan fingerprint density at radius 3 is 2.50 bits per heavy atom. The van der Waals surface area contributed by atoms with Crippen molar-refractivity contribution in [1.29, 1.82) is 0 Å². The van der Waals surface area contributed by atoms with Gasteiger partial charge in [-0.1, -0.05) is 18.2 Å². The van der Waals surface area contributed by atoms with E-state index in [1.54, 1.807) is 18.2 Å². The van der Waals surface area contributed by atoms with E-state index in [1.807, 2.05) is 13.8 Å². The number of nitrogens with zero attached hydrogens (tertiary/aromatic N) is 1. The van der Waals surface area contributed by atoms with E-state index < -0.39 is 10.0 Å². The van der Waals surface area contributed by atoms with Crippen LogP contribution in [-0.4, -0.2) is 38.3 Å². The number of carbonyl (C=O) groups is 1. The van der Waals surface area contributed by atoms with Gasteiger partial charge in [-0.15, -0.1) is 0 Å². The van der Waals surface area contributed by atoms with Crippen LogP contribution >= 0.6 is 0 Å². The van der Waals surface area contributed by atoms with Crippen LogP contribution in [0.2, 0.25) is 0 Å². The highest BCUT2D eigenvalue weighted by Gasteiger charge is 2.25.